The summed E-state index contributed by atoms with van der Waals surface area (Å²) in [5.41, 5.74) is 1.26. The molecule has 0 bridgehead atoms. The van der Waals surface area contributed by atoms with Crippen LogP contribution in [0.2, 0.25) is 0 Å². The lowest BCUT2D eigenvalue weighted by molar-refractivity contribution is -0.154. The van der Waals surface area contributed by atoms with Gasteiger partial charge in [-0.2, -0.15) is 13.2 Å². The number of amides is 1. The van der Waals surface area contributed by atoms with Crippen molar-refractivity contribution in [2.24, 2.45) is 0 Å². The number of nitrogens with one attached hydrogen (secondary N) is 1. The summed E-state index contributed by atoms with van der Waals surface area (Å²) >= 11 is 0. The molecule has 2 heterocycles. The van der Waals surface area contributed by atoms with E-state index in [4.69, 9.17) is 0 Å². The Bertz CT molecular complexity index is 839. The lowest BCUT2D eigenvalue weighted by atomic mass is 10.2. The Balaban J connectivity index is 1.95. The maximum absolute atomic E-state index is 12.3. The van der Waals surface area contributed by atoms with E-state index in [1.165, 1.54) is 24.4 Å². The number of alkyl halides is 3. The van der Waals surface area contributed by atoms with Gasteiger partial charge < -0.3 is 10.1 Å². The second-order valence-corrected chi connectivity index (χ2v) is 5.97. The zero-order valence-electron chi connectivity index (χ0n) is 15.3. The van der Waals surface area contributed by atoms with Crippen LogP contribution in [0.5, 0.6) is 5.88 Å². The van der Waals surface area contributed by atoms with Gasteiger partial charge in [0.2, 0.25) is 5.88 Å². The van der Waals surface area contributed by atoms with Gasteiger partial charge in [-0.25, -0.2) is 15.0 Å². The summed E-state index contributed by atoms with van der Waals surface area (Å²) in [5.74, 6) is -0.377. The second kappa shape index (κ2) is 9.25. The first-order chi connectivity index (χ1) is 13.2. The van der Waals surface area contributed by atoms with Crippen LogP contribution in [-0.2, 0) is 17.8 Å². The third kappa shape index (κ3) is 6.93. The largest absolute Gasteiger partial charge is 0.468 e. The van der Waals surface area contributed by atoms with Gasteiger partial charge in [0.25, 0.3) is 5.91 Å². The minimum Gasteiger partial charge on any atom is -0.468 e. The molecule has 0 radical (unpaired) electrons. The highest BCUT2D eigenvalue weighted by Crippen LogP contribution is 2.17. The Kier molecular flexibility index (Phi) is 7.02. The molecule has 2 aromatic heterocycles. The Labute approximate surface area is 159 Å². The van der Waals surface area contributed by atoms with Crippen molar-refractivity contribution in [3.05, 3.63) is 47.2 Å². The highest BCUT2D eigenvalue weighted by atomic mass is 19.4. The third-order valence-electron chi connectivity index (χ3n) is 3.52. The van der Waals surface area contributed by atoms with Gasteiger partial charge in [0, 0.05) is 30.9 Å². The van der Waals surface area contributed by atoms with Crippen molar-refractivity contribution >= 4 is 11.7 Å². The van der Waals surface area contributed by atoms with E-state index in [1.54, 1.807) is 13.8 Å². The number of rotatable bonds is 8. The van der Waals surface area contributed by atoms with Crippen molar-refractivity contribution in [2.75, 3.05) is 6.61 Å². The van der Waals surface area contributed by atoms with Gasteiger partial charge in [-0.3, -0.25) is 9.59 Å². The van der Waals surface area contributed by atoms with Gasteiger partial charge in [0.15, 0.2) is 6.61 Å². The topological polar surface area (TPSA) is 94.1 Å². The van der Waals surface area contributed by atoms with Gasteiger partial charge in [0.05, 0.1) is 6.42 Å². The van der Waals surface area contributed by atoms with E-state index in [2.05, 4.69) is 25.0 Å². The van der Waals surface area contributed by atoms with Crippen molar-refractivity contribution in [2.45, 2.75) is 39.4 Å². The number of aromatic nitrogens is 3. The van der Waals surface area contributed by atoms with Crippen molar-refractivity contribution in [1.29, 1.82) is 0 Å². The summed E-state index contributed by atoms with van der Waals surface area (Å²) in [6.07, 6.45) is -2.72. The van der Waals surface area contributed by atoms with Crippen LogP contribution in [0.15, 0.2) is 24.4 Å². The van der Waals surface area contributed by atoms with E-state index < -0.39 is 18.7 Å². The molecule has 0 aliphatic carbocycles. The first-order valence-electron chi connectivity index (χ1n) is 8.45. The lowest BCUT2D eigenvalue weighted by Gasteiger charge is -2.09. The number of nitrogens with zero attached hydrogens (tertiary/aromatic N) is 3. The van der Waals surface area contributed by atoms with Crippen molar-refractivity contribution < 1.29 is 27.5 Å². The fourth-order valence-electron chi connectivity index (χ4n) is 2.16. The molecule has 1 N–H and O–H groups in total. The molecule has 2 rings (SSSR count). The maximum Gasteiger partial charge on any atom is 0.422 e. The SMILES string of the molecule is CCC(=O)Cc1nc(C)cc(C(=O)NCc2ccc(OCC(F)(F)F)nc2)n1. The number of halogens is 3. The highest BCUT2D eigenvalue weighted by Gasteiger charge is 2.28. The van der Waals surface area contributed by atoms with Crippen molar-refractivity contribution in [1.82, 2.24) is 20.3 Å². The summed E-state index contributed by atoms with van der Waals surface area (Å²) in [6, 6.07) is 4.29. The number of pyridine rings is 1. The summed E-state index contributed by atoms with van der Waals surface area (Å²) in [4.78, 5) is 35.9. The first-order valence-corrected chi connectivity index (χ1v) is 8.45. The molecule has 28 heavy (non-hydrogen) atoms. The monoisotopic (exact) mass is 396 g/mol. The molecule has 7 nitrogen and oxygen atoms in total. The van der Waals surface area contributed by atoms with Gasteiger partial charge in [0.1, 0.15) is 17.3 Å². The first kappa shape index (κ1) is 21.3. The predicted molar refractivity (Wildman–Crippen MR) is 92.7 cm³/mol. The third-order valence-corrected chi connectivity index (χ3v) is 3.52. The molecule has 0 aliphatic heterocycles. The summed E-state index contributed by atoms with van der Waals surface area (Å²) in [5, 5.41) is 2.64. The number of Topliss-reactive ketones (excluding diaryl/α,β-unsaturated/α-hetero) is 1. The number of aryl methyl sites for hydroxylation is 1. The van der Waals surface area contributed by atoms with E-state index >= 15 is 0 Å². The Hall–Kier alpha value is -3.04. The van der Waals surface area contributed by atoms with Crippen molar-refractivity contribution in [3.63, 3.8) is 0 Å². The molecule has 0 saturated heterocycles. The molecule has 2 aromatic rings. The zero-order chi connectivity index (χ0) is 20.7. The Morgan fingerprint density at radius 1 is 1.21 bits per heavy atom. The zero-order valence-corrected chi connectivity index (χ0v) is 15.3. The molecule has 0 unspecified atom stereocenters. The van der Waals surface area contributed by atoms with Crippen LogP contribution in [0.3, 0.4) is 0 Å². The molecular formula is C18H19F3N4O3. The minimum absolute atomic E-state index is 0.0316. The van der Waals surface area contributed by atoms with Crippen LogP contribution in [0.25, 0.3) is 0 Å². The molecule has 0 atom stereocenters. The van der Waals surface area contributed by atoms with Gasteiger partial charge in [-0.05, 0) is 18.6 Å². The predicted octanol–water partition coefficient (Wildman–Crippen LogP) is 2.57. The Morgan fingerprint density at radius 3 is 2.57 bits per heavy atom. The average Bonchev–Trinajstić information content (AvgIpc) is 2.64. The van der Waals surface area contributed by atoms with E-state index in [1.807, 2.05) is 0 Å². The van der Waals surface area contributed by atoms with Crippen LogP contribution in [-0.4, -0.2) is 39.4 Å². The number of carbonyl (C=O) groups is 2. The van der Waals surface area contributed by atoms with Gasteiger partial charge >= 0.3 is 6.18 Å². The molecule has 0 aliphatic rings. The molecule has 0 spiro atoms. The van der Waals surface area contributed by atoms with Crippen LogP contribution >= 0.6 is 0 Å². The van der Waals surface area contributed by atoms with E-state index in [0.29, 0.717) is 17.7 Å². The summed E-state index contributed by atoms with van der Waals surface area (Å²) in [7, 11) is 0. The number of hydrogen-bond donors (Lipinski definition) is 1. The molecule has 0 aromatic carbocycles. The number of hydrogen-bond acceptors (Lipinski definition) is 6. The van der Waals surface area contributed by atoms with E-state index in [0.717, 1.165) is 0 Å². The average molecular weight is 396 g/mol. The number of ether oxygens (including phenoxy) is 1. The maximum atomic E-state index is 12.3. The second-order valence-electron chi connectivity index (χ2n) is 5.97. The van der Waals surface area contributed by atoms with Gasteiger partial charge in [-0.1, -0.05) is 13.0 Å². The minimum atomic E-state index is -4.44. The normalized spacial score (nSPS) is 11.2. The molecule has 0 fully saturated rings. The number of ketones is 1. The molecule has 10 heteroatoms. The number of carbonyl (C=O) groups excluding carboxylic acids is 2. The quantitative estimate of drug-likeness (QED) is 0.737. The standard InChI is InChI=1S/C18H19F3N4O3/c1-3-13(26)7-15-24-11(2)6-14(25-15)17(27)23-9-12-4-5-16(22-8-12)28-10-18(19,20)21/h4-6,8H,3,7,9-10H2,1-2H3,(H,23,27). The van der Waals surface area contributed by atoms with Crippen LogP contribution in [0, 0.1) is 6.92 Å². The summed E-state index contributed by atoms with van der Waals surface area (Å²) in [6.45, 7) is 2.10. The van der Waals surface area contributed by atoms with Crippen LogP contribution < -0.4 is 10.1 Å². The van der Waals surface area contributed by atoms with E-state index in [9.17, 15) is 22.8 Å². The fraction of sp³-hybridized carbons (Fsp3) is 0.389. The molecule has 1 amide bonds. The molecule has 0 saturated carbocycles. The lowest BCUT2D eigenvalue weighted by Crippen LogP contribution is -2.25. The summed E-state index contributed by atoms with van der Waals surface area (Å²) < 4.78 is 40.8. The van der Waals surface area contributed by atoms with Crippen molar-refractivity contribution in [3.8, 4) is 5.88 Å². The Morgan fingerprint density at radius 2 is 1.96 bits per heavy atom. The van der Waals surface area contributed by atoms with E-state index in [-0.39, 0.29) is 36.1 Å². The smallest absolute Gasteiger partial charge is 0.422 e. The van der Waals surface area contributed by atoms with Crippen LogP contribution in [0.4, 0.5) is 13.2 Å². The fourth-order valence-corrected chi connectivity index (χ4v) is 2.16. The van der Waals surface area contributed by atoms with Crippen LogP contribution in [0.1, 0.15) is 40.9 Å². The highest BCUT2D eigenvalue weighted by molar-refractivity contribution is 5.92. The molecule has 150 valence electrons. The molecular weight excluding hydrogens is 377 g/mol. The van der Waals surface area contributed by atoms with Gasteiger partial charge in [-0.15, -0.1) is 0 Å².